The van der Waals surface area contributed by atoms with Crippen molar-refractivity contribution in [2.75, 3.05) is 20.2 Å². The van der Waals surface area contributed by atoms with Crippen LogP contribution < -0.4 is 15.4 Å². The summed E-state index contributed by atoms with van der Waals surface area (Å²) in [6.07, 6.45) is 5.35. The fourth-order valence-electron chi connectivity index (χ4n) is 4.01. The molecule has 2 fully saturated rings. The van der Waals surface area contributed by atoms with Crippen LogP contribution in [0.4, 0.5) is 0 Å². The van der Waals surface area contributed by atoms with Gasteiger partial charge in [-0.1, -0.05) is 18.2 Å². The van der Waals surface area contributed by atoms with Crippen molar-refractivity contribution in [1.29, 1.82) is 0 Å². The summed E-state index contributed by atoms with van der Waals surface area (Å²) >= 11 is 0. The number of ether oxygens (including phenoxy) is 2. The average Bonchev–Trinajstić information content (AvgIpc) is 3.21. The van der Waals surface area contributed by atoms with Crippen molar-refractivity contribution in [1.82, 2.24) is 10.6 Å². The van der Waals surface area contributed by atoms with Crippen LogP contribution in [-0.2, 0) is 4.74 Å². The molecule has 3 aliphatic rings. The lowest BCUT2D eigenvalue weighted by atomic mass is 9.93. The van der Waals surface area contributed by atoms with Crippen LogP contribution in [0.25, 0.3) is 0 Å². The lowest BCUT2D eigenvalue weighted by Gasteiger charge is -2.28. The second-order valence-corrected chi connectivity index (χ2v) is 6.69. The standard InChI is InChI=1S/C18H25N3O2/c1-19-18(21-15-10-13-6-7-17(15)23-13)20-11-12-8-9-22-16-5-3-2-4-14(12)16/h2-5,12-13,15,17H,6-11H2,1H3,(H2,19,20,21). The van der Waals surface area contributed by atoms with E-state index in [1.165, 1.54) is 18.4 Å². The monoisotopic (exact) mass is 315 g/mol. The van der Waals surface area contributed by atoms with Crippen LogP contribution in [-0.4, -0.2) is 44.4 Å². The number of benzene rings is 1. The summed E-state index contributed by atoms with van der Waals surface area (Å²) in [5.41, 5.74) is 1.30. The molecule has 124 valence electrons. The molecule has 2 N–H and O–H groups in total. The maximum atomic E-state index is 5.91. The molecule has 5 nitrogen and oxygen atoms in total. The summed E-state index contributed by atoms with van der Waals surface area (Å²) < 4.78 is 11.6. The van der Waals surface area contributed by atoms with Gasteiger partial charge in [0.2, 0.25) is 0 Å². The molecule has 0 saturated carbocycles. The van der Waals surface area contributed by atoms with Crippen LogP contribution in [0.2, 0.25) is 0 Å². The molecule has 1 aromatic rings. The number of nitrogens with zero attached hydrogens (tertiary/aromatic N) is 1. The Bertz CT molecular complexity index is 589. The van der Waals surface area contributed by atoms with Gasteiger partial charge < -0.3 is 20.1 Å². The van der Waals surface area contributed by atoms with Crippen molar-refractivity contribution in [3.63, 3.8) is 0 Å². The van der Waals surface area contributed by atoms with Gasteiger partial charge in [-0.15, -0.1) is 0 Å². The first kappa shape index (κ1) is 14.8. The van der Waals surface area contributed by atoms with Gasteiger partial charge >= 0.3 is 0 Å². The quantitative estimate of drug-likeness (QED) is 0.662. The van der Waals surface area contributed by atoms with Crippen LogP contribution >= 0.6 is 0 Å². The topological polar surface area (TPSA) is 54.9 Å². The molecule has 0 radical (unpaired) electrons. The van der Waals surface area contributed by atoms with E-state index < -0.39 is 0 Å². The lowest BCUT2D eigenvalue weighted by molar-refractivity contribution is 0.0992. The Hall–Kier alpha value is -1.75. The predicted molar refractivity (Wildman–Crippen MR) is 90.1 cm³/mol. The molecular weight excluding hydrogens is 290 g/mol. The smallest absolute Gasteiger partial charge is 0.191 e. The second-order valence-electron chi connectivity index (χ2n) is 6.69. The second kappa shape index (κ2) is 6.40. The number of hydrogen-bond acceptors (Lipinski definition) is 3. The van der Waals surface area contributed by atoms with Crippen LogP contribution in [0.1, 0.15) is 37.2 Å². The molecule has 3 heterocycles. The van der Waals surface area contributed by atoms with Crippen molar-refractivity contribution >= 4 is 5.96 Å². The van der Waals surface area contributed by atoms with Crippen molar-refractivity contribution in [3.8, 4) is 5.75 Å². The highest BCUT2D eigenvalue weighted by Crippen LogP contribution is 2.34. The summed E-state index contributed by atoms with van der Waals surface area (Å²) in [7, 11) is 1.83. The summed E-state index contributed by atoms with van der Waals surface area (Å²) in [6.45, 7) is 1.66. The lowest BCUT2D eigenvalue weighted by Crippen LogP contribution is -2.48. The SMILES string of the molecule is CN=C(NCC1CCOc2ccccc21)NC1CC2CCC1O2. The molecule has 4 atom stereocenters. The van der Waals surface area contributed by atoms with E-state index in [0.717, 1.165) is 37.7 Å². The minimum absolute atomic E-state index is 0.363. The maximum absolute atomic E-state index is 5.91. The zero-order chi connectivity index (χ0) is 15.6. The van der Waals surface area contributed by atoms with E-state index in [-0.39, 0.29) is 0 Å². The highest BCUT2D eigenvalue weighted by Gasteiger charge is 2.41. The Morgan fingerprint density at radius 3 is 2.96 bits per heavy atom. The van der Waals surface area contributed by atoms with Gasteiger partial charge in [0.1, 0.15) is 5.75 Å². The molecular formula is C18H25N3O2. The van der Waals surface area contributed by atoms with E-state index in [1.807, 2.05) is 13.1 Å². The minimum Gasteiger partial charge on any atom is -0.493 e. The van der Waals surface area contributed by atoms with Crippen molar-refractivity contribution in [2.45, 2.75) is 49.9 Å². The fourth-order valence-corrected chi connectivity index (χ4v) is 4.01. The summed E-state index contributed by atoms with van der Waals surface area (Å²) in [5.74, 6) is 2.37. The highest BCUT2D eigenvalue weighted by molar-refractivity contribution is 5.80. The van der Waals surface area contributed by atoms with Gasteiger partial charge in [0.15, 0.2) is 5.96 Å². The molecule has 4 rings (SSSR count). The molecule has 0 spiro atoms. The average molecular weight is 315 g/mol. The zero-order valence-corrected chi connectivity index (χ0v) is 13.6. The number of fused-ring (bicyclic) bond motifs is 3. The number of nitrogens with one attached hydrogen (secondary N) is 2. The molecule has 23 heavy (non-hydrogen) atoms. The maximum Gasteiger partial charge on any atom is 0.191 e. The van der Waals surface area contributed by atoms with Gasteiger partial charge in [-0.2, -0.15) is 0 Å². The third-order valence-corrected chi connectivity index (χ3v) is 5.25. The summed E-state index contributed by atoms with van der Waals surface area (Å²) in [5, 5.41) is 7.04. The molecule has 5 heteroatoms. The molecule has 3 aliphatic heterocycles. The number of rotatable bonds is 3. The predicted octanol–water partition coefficient (Wildman–Crippen LogP) is 2.04. The Labute approximate surface area is 137 Å². The third kappa shape index (κ3) is 3.02. The molecule has 0 amide bonds. The van der Waals surface area contributed by atoms with Crippen LogP contribution in [0.3, 0.4) is 0 Å². The van der Waals surface area contributed by atoms with Gasteiger partial charge in [-0.05, 0) is 37.3 Å². The largest absolute Gasteiger partial charge is 0.493 e. The normalized spacial score (nSPS) is 32.3. The zero-order valence-electron chi connectivity index (χ0n) is 13.6. The number of para-hydroxylation sites is 1. The first-order valence-corrected chi connectivity index (χ1v) is 8.68. The van der Waals surface area contributed by atoms with E-state index >= 15 is 0 Å². The van der Waals surface area contributed by atoms with Crippen LogP contribution in [0, 0.1) is 0 Å². The molecule has 4 unspecified atom stereocenters. The van der Waals surface area contributed by atoms with Crippen LogP contribution in [0.5, 0.6) is 5.75 Å². The first-order valence-electron chi connectivity index (χ1n) is 8.68. The van der Waals surface area contributed by atoms with Crippen molar-refractivity contribution in [2.24, 2.45) is 4.99 Å². The van der Waals surface area contributed by atoms with E-state index in [9.17, 15) is 0 Å². The van der Waals surface area contributed by atoms with Crippen molar-refractivity contribution < 1.29 is 9.47 Å². The van der Waals surface area contributed by atoms with Gasteiger partial charge in [-0.25, -0.2) is 0 Å². The van der Waals surface area contributed by atoms with Gasteiger partial charge in [-0.3, -0.25) is 4.99 Å². The van der Waals surface area contributed by atoms with Gasteiger partial charge in [0.25, 0.3) is 0 Å². The third-order valence-electron chi connectivity index (χ3n) is 5.25. The van der Waals surface area contributed by atoms with E-state index in [2.05, 4.69) is 33.8 Å². The molecule has 0 aliphatic carbocycles. The Morgan fingerprint density at radius 1 is 1.26 bits per heavy atom. The Kier molecular flexibility index (Phi) is 4.12. The first-order chi connectivity index (χ1) is 11.3. The van der Waals surface area contributed by atoms with Gasteiger partial charge in [0, 0.05) is 19.5 Å². The Balaban J connectivity index is 1.35. The van der Waals surface area contributed by atoms with E-state index in [4.69, 9.17) is 9.47 Å². The van der Waals surface area contributed by atoms with Crippen molar-refractivity contribution in [3.05, 3.63) is 29.8 Å². The molecule has 2 saturated heterocycles. The van der Waals surface area contributed by atoms with Gasteiger partial charge in [0.05, 0.1) is 24.9 Å². The number of hydrogen-bond donors (Lipinski definition) is 2. The van der Waals surface area contributed by atoms with E-state index in [1.54, 1.807) is 0 Å². The highest BCUT2D eigenvalue weighted by atomic mass is 16.5. The summed E-state index contributed by atoms with van der Waals surface area (Å²) in [4.78, 5) is 4.38. The van der Waals surface area contributed by atoms with E-state index in [0.29, 0.717) is 24.2 Å². The molecule has 2 bridgehead atoms. The van der Waals surface area contributed by atoms with Crippen LogP contribution in [0.15, 0.2) is 29.3 Å². The Morgan fingerprint density at radius 2 is 2.17 bits per heavy atom. The molecule has 1 aromatic carbocycles. The number of aliphatic imine (C=N–C) groups is 1. The fraction of sp³-hybridized carbons (Fsp3) is 0.611. The summed E-state index contributed by atoms with van der Waals surface area (Å²) in [6, 6.07) is 8.74. The molecule has 0 aromatic heterocycles. The number of guanidine groups is 1. The minimum atomic E-state index is 0.363.